The summed E-state index contributed by atoms with van der Waals surface area (Å²) in [6.07, 6.45) is 1.75. The van der Waals surface area contributed by atoms with Crippen LogP contribution in [0.5, 0.6) is 0 Å². The zero-order valence-corrected chi connectivity index (χ0v) is 4.11. The quantitative estimate of drug-likeness (QED) is 0.319. The summed E-state index contributed by atoms with van der Waals surface area (Å²) in [7, 11) is 0. The predicted molar refractivity (Wildman–Crippen MR) is 26.7 cm³/mol. The molecule has 0 aromatic carbocycles. The van der Waals surface area contributed by atoms with Gasteiger partial charge in [0.05, 0.1) is 13.2 Å². The monoisotopic (exact) mass is 86.1 g/mol. The van der Waals surface area contributed by atoms with Crippen LogP contribution in [0.1, 0.15) is 6.92 Å². The van der Waals surface area contributed by atoms with Crippen LogP contribution in [0.4, 0.5) is 0 Å². The van der Waals surface area contributed by atoms with E-state index in [1.54, 1.807) is 6.08 Å². The van der Waals surface area contributed by atoms with Crippen molar-refractivity contribution in [1.82, 2.24) is 0 Å². The van der Waals surface area contributed by atoms with E-state index >= 15 is 0 Å². The lowest BCUT2D eigenvalue weighted by atomic mass is 10.8. The summed E-state index contributed by atoms with van der Waals surface area (Å²) < 4.78 is 4.50. The second-order valence-electron chi connectivity index (χ2n) is 1.02. The fourth-order valence-corrected chi connectivity index (χ4v) is 0. The topological polar surface area (TPSA) is 12.5 Å². The highest BCUT2D eigenvalue weighted by Gasteiger charge is 1.94. The predicted octanol–water partition coefficient (Wildman–Crippen LogP) is 1.21. The molecule has 1 heteroatoms. The van der Waals surface area contributed by atoms with Crippen molar-refractivity contribution in [2.45, 2.75) is 6.92 Å². The minimum atomic E-state index is 1.00. The van der Waals surface area contributed by atoms with Gasteiger partial charge in [-0.25, -0.2) is 0 Å². The highest BCUT2D eigenvalue weighted by Crippen LogP contribution is 1.84. The van der Waals surface area contributed by atoms with Gasteiger partial charge in [-0.1, -0.05) is 6.08 Å². The number of epoxide rings is 1. The molecule has 0 bridgehead atoms. The lowest BCUT2D eigenvalue weighted by Gasteiger charge is -1.31. The van der Waals surface area contributed by atoms with Crippen LogP contribution in [0.2, 0.25) is 0 Å². The van der Waals surface area contributed by atoms with Crippen LogP contribution in [-0.2, 0) is 4.74 Å². The molecule has 0 unspecified atom stereocenters. The number of rotatable bonds is 0. The van der Waals surface area contributed by atoms with Gasteiger partial charge in [0, 0.05) is 0 Å². The second kappa shape index (κ2) is 4.70. The van der Waals surface area contributed by atoms with Gasteiger partial charge in [0.25, 0.3) is 0 Å². The summed E-state index contributed by atoms with van der Waals surface area (Å²) in [5.41, 5.74) is 0. The van der Waals surface area contributed by atoms with Gasteiger partial charge < -0.3 is 4.74 Å². The summed E-state index contributed by atoms with van der Waals surface area (Å²) in [4.78, 5) is 0. The van der Waals surface area contributed by atoms with E-state index in [0.717, 1.165) is 13.2 Å². The van der Waals surface area contributed by atoms with Crippen molar-refractivity contribution in [2.75, 3.05) is 13.2 Å². The minimum absolute atomic E-state index is 1.00. The van der Waals surface area contributed by atoms with Crippen molar-refractivity contribution >= 4 is 0 Å². The van der Waals surface area contributed by atoms with Crippen LogP contribution in [0.3, 0.4) is 0 Å². The van der Waals surface area contributed by atoms with Gasteiger partial charge in [-0.05, 0) is 6.92 Å². The molecule has 1 nitrogen and oxygen atoms in total. The molecule has 0 amide bonds. The number of hydrogen-bond acceptors (Lipinski definition) is 1. The van der Waals surface area contributed by atoms with E-state index in [4.69, 9.17) is 0 Å². The molecule has 0 aromatic rings. The Kier molecular flexibility index (Phi) is 4.46. The smallest absolute Gasteiger partial charge is 0.0701 e. The van der Waals surface area contributed by atoms with Crippen LogP contribution in [-0.4, -0.2) is 13.2 Å². The highest BCUT2D eigenvalue weighted by molar-refractivity contribution is 4.51. The van der Waals surface area contributed by atoms with Gasteiger partial charge >= 0.3 is 0 Å². The third-order valence-electron chi connectivity index (χ3n) is 0.204. The zero-order valence-electron chi connectivity index (χ0n) is 4.11. The summed E-state index contributed by atoms with van der Waals surface area (Å²) in [5.74, 6) is 0. The minimum Gasteiger partial charge on any atom is -0.377 e. The molecule has 1 fully saturated rings. The van der Waals surface area contributed by atoms with Gasteiger partial charge in [-0.2, -0.15) is 0 Å². The third kappa shape index (κ3) is 55.0. The average Bonchev–Trinajstić information content (AvgIpc) is 2.11. The first kappa shape index (κ1) is 5.70. The lowest BCUT2D eigenvalue weighted by molar-refractivity contribution is 0.475. The molecule has 1 aliphatic rings. The Balaban J connectivity index is 0.0000000833. The molecule has 0 N–H and O–H groups in total. The highest BCUT2D eigenvalue weighted by atomic mass is 16.6. The molecule has 0 aliphatic carbocycles. The van der Waals surface area contributed by atoms with Crippen LogP contribution in [0.15, 0.2) is 12.7 Å². The van der Waals surface area contributed by atoms with Crippen molar-refractivity contribution in [3.05, 3.63) is 12.7 Å². The van der Waals surface area contributed by atoms with Gasteiger partial charge in [0.1, 0.15) is 0 Å². The average molecular weight is 86.1 g/mol. The third-order valence-corrected chi connectivity index (χ3v) is 0.204. The lowest BCUT2D eigenvalue weighted by Crippen LogP contribution is -1.20. The Bertz CT molecular complexity index is 28.2. The molecule has 1 saturated heterocycles. The van der Waals surface area contributed by atoms with E-state index in [0.29, 0.717) is 0 Å². The molecule has 0 aromatic heterocycles. The molecule has 0 radical (unpaired) electrons. The Morgan fingerprint density at radius 2 is 1.83 bits per heavy atom. The van der Waals surface area contributed by atoms with Crippen LogP contribution < -0.4 is 0 Å². The summed E-state index contributed by atoms with van der Waals surface area (Å²) in [6.45, 7) is 7.25. The summed E-state index contributed by atoms with van der Waals surface area (Å²) >= 11 is 0. The van der Waals surface area contributed by atoms with Gasteiger partial charge in [-0.3, -0.25) is 0 Å². The fraction of sp³-hybridized carbons (Fsp3) is 0.600. The molecule has 0 atom stereocenters. The van der Waals surface area contributed by atoms with Gasteiger partial charge in [0.2, 0.25) is 0 Å². The van der Waals surface area contributed by atoms with E-state index < -0.39 is 0 Å². The van der Waals surface area contributed by atoms with E-state index in [9.17, 15) is 0 Å². The Hall–Kier alpha value is -0.300. The molecule has 1 rings (SSSR count). The maximum absolute atomic E-state index is 4.50. The number of hydrogen-bond donors (Lipinski definition) is 0. The standard InChI is InChI=1S/C3H6.C2H4O/c1-3-2;1-2-3-1/h3H,1H2,2H3;1-2H2. The summed E-state index contributed by atoms with van der Waals surface area (Å²) in [5, 5.41) is 0. The molecule has 0 saturated carbocycles. The Labute approximate surface area is 38.6 Å². The van der Waals surface area contributed by atoms with Crippen LogP contribution >= 0.6 is 0 Å². The molecule has 36 valence electrons. The first-order valence-electron chi connectivity index (χ1n) is 2.06. The largest absolute Gasteiger partial charge is 0.377 e. The van der Waals surface area contributed by atoms with Crippen molar-refractivity contribution in [3.8, 4) is 0 Å². The second-order valence-corrected chi connectivity index (χ2v) is 1.02. The number of allylic oxidation sites excluding steroid dienone is 1. The Morgan fingerprint density at radius 1 is 1.67 bits per heavy atom. The van der Waals surface area contributed by atoms with Crippen molar-refractivity contribution in [2.24, 2.45) is 0 Å². The molecule has 1 aliphatic heterocycles. The first-order valence-corrected chi connectivity index (χ1v) is 2.06. The zero-order chi connectivity index (χ0) is 4.83. The Morgan fingerprint density at radius 3 is 1.83 bits per heavy atom. The van der Waals surface area contributed by atoms with Crippen molar-refractivity contribution in [3.63, 3.8) is 0 Å². The van der Waals surface area contributed by atoms with Crippen LogP contribution in [0, 0.1) is 0 Å². The summed E-state index contributed by atoms with van der Waals surface area (Å²) in [6, 6.07) is 0. The normalized spacial score (nSPS) is 14.2. The fourth-order valence-electron chi connectivity index (χ4n) is 0. The van der Waals surface area contributed by atoms with E-state index in [-0.39, 0.29) is 0 Å². The molecule has 1 heterocycles. The van der Waals surface area contributed by atoms with E-state index in [1.165, 1.54) is 0 Å². The maximum atomic E-state index is 4.50. The molecular formula is C5H10O. The number of ether oxygens (including phenoxy) is 1. The van der Waals surface area contributed by atoms with Gasteiger partial charge in [0.15, 0.2) is 0 Å². The SMILES string of the molecule is C1CO1.C=CC. The first-order chi connectivity index (χ1) is 2.91. The van der Waals surface area contributed by atoms with Crippen LogP contribution in [0.25, 0.3) is 0 Å². The van der Waals surface area contributed by atoms with E-state index in [2.05, 4.69) is 11.3 Å². The maximum Gasteiger partial charge on any atom is 0.0701 e. The molecule has 6 heavy (non-hydrogen) atoms. The van der Waals surface area contributed by atoms with E-state index in [1.807, 2.05) is 6.92 Å². The van der Waals surface area contributed by atoms with Gasteiger partial charge in [-0.15, -0.1) is 6.58 Å². The van der Waals surface area contributed by atoms with Crippen molar-refractivity contribution in [1.29, 1.82) is 0 Å². The van der Waals surface area contributed by atoms with Crippen molar-refractivity contribution < 1.29 is 4.74 Å². The molecule has 0 spiro atoms. The molecular weight excluding hydrogens is 76.1 g/mol.